The van der Waals surface area contributed by atoms with Crippen LogP contribution in [0.5, 0.6) is 0 Å². The van der Waals surface area contributed by atoms with Crippen LogP contribution in [-0.4, -0.2) is 22.7 Å². The van der Waals surface area contributed by atoms with E-state index < -0.39 is 5.54 Å². The molecule has 5 rings (SSSR count). The highest BCUT2D eigenvalue weighted by Gasteiger charge is 2.50. The molecule has 4 aromatic rings. The monoisotopic (exact) mass is 466 g/mol. The van der Waals surface area contributed by atoms with Crippen LogP contribution in [0.3, 0.4) is 0 Å². The third-order valence-electron chi connectivity index (χ3n) is 5.79. The second-order valence-corrected chi connectivity index (χ2v) is 8.88. The zero-order valence-electron chi connectivity index (χ0n) is 18.2. The molecule has 7 heteroatoms. The van der Waals surface area contributed by atoms with E-state index in [2.05, 4.69) is 5.32 Å². The van der Waals surface area contributed by atoms with E-state index in [0.29, 0.717) is 10.6 Å². The number of benzene rings is 3. The Hall–Kier alpha value is -4.23. The number of hydrogen-bond donors (Lipinski definition) is 2. The third-order valence-corrected chi connectivity index (χ3v) is 6.66. The van der Waals surface area contributed by atoms with Gasteiger partial charge in [-0.05, 0) is 40.3 Å². The Morgan fingerprint density at radius 3 is 2.06 bits per heavy atom. The van der Waals surface area contributed by atoms with Crippen molar-refractivity contribution in [2.24, 2.45) is 10.7 Å². The van der Waals surface area contributed by atoms with Crippen molar-refractivity contribution >= 4 is 34.8 Å². The standard InChI is InChI=1S/C27H22N4O2S/c28-26-30-27(20-8-3-1-4-9-20,21-10-5-2-6-11-21)25(33)31(26)18-19-13-15-22(16-14-19)29-24(32)23-12-7-17-34-23/h1-17H,18H2,(H2,28,30)(H,29,32). The molecule has 0 aliphatic carbocycles. The summed E-state index contributed by atoms with van der Waals surface area (Å²) in [7, 11) is 0. The number of aliphatic imine (C=N–C) groups is 1. The fourth-order valence-electron chi connectivity index (χ4n) is 4.11. The van der Waals surface area contributed by atoms with Gasteiger partial charge < -0.3 is 11.1 Å². The maximum Gasteiger partial charge on any atom is 0.266 e. The molecule has 168 valence electrons. The molecular weight excluding hydrogens is 444 g/mol. The van der Waals surface area contributed by atoms with Crippen LogP contribution in [0.1, 0.15) is 26.4 Å². The Balaban J connectivity index is 1.40. The van der Waals surface area contributed by atoms with Crippen molar-refractivity contribution in [3.63, 3.8) is 0 Å². The molecule has 0 saturated heterocycles. The number of amides is 2. The molecular formula is C27H22N4O2S. The molecule has 0 bridgehead atoms. The summed E-state index contributed by atoms with van der Waals surface area (Å²) in [5.74, 6) is -0.172. The van der Waals surface area contributed by atoms with Gasteiger partial charge in [-0.1, -0.05) is 78.9 Å². The van der Waals surface area contributed by atoms with E-state index in [0.717, 1.165) is 16.7 Å². The molecule has 6 nitrogen and oxygen atoms in total. The number of rotatable bonds is 6. The summed E-state index contributed by atoms with van der Waals surface area (Å²) in [5.41, 5.74) is 8.18. The number of hydrogen-bond acceptors (Lipinski definition) is 5. The minimum atomic E-state index is -1.22. The van der Waals surface area contributed by atoms with Gasteiger partial charge in [0.15, 0.2) is 11.5 Å². The maximum atomic E-state index is 13.9. The van der Waals surface area contributed by atoms with E-state index in [4.69, 9.17) is 10.7 Å². The van der Waals surface area contributed by atoms with Crippen molar-refractivity contribution in [2.75, 3.05) is 5.32 Å². The Morgan fingerprint density at radius 1 is 0.882 bits per heavy atom. The second-order valence-electron chi connectivity index (χ2n) is 7.93. The van der Waals surface area contributed by atoms with Crippen LogP contribution in [0.25, 0.3) is 0 Å². The van der Waals surface area contributed by atoms with Crippen LogP contribution in [0.2, 0.25) is 0 Å². The van der Waals surface area contributed by atoms with E-state index in [1.165, 1.54) is 16.2 Å². The lowest BCUT2D eigenvalue weighted by Gasteiger charge is -2.27. The van der Waals surface area contributed by atoms with Gasteiger partial charge in [-0.25, -0.2) is 4.99 Å². The summed E-state index contributed by atoms with van der Waals surface area (Å²) in [5, 5.41) is 4.74. The van der Waals surface area contributed by atoms with Crippen molar-refractivity contribution in [3.8, 4) is 0 Å². The highest BCUT2D eigenvalue weighted by molar-refractivity contribution is 7.12. The molecule has 0 spiro atoms. The van der Waals surface area contributed by atoms with E-state index in [9.17, 15) is 9.59 Å². The maximum absolute atomic E-state index is 13.9. The fourth-order valence-corrected chi connectivity index (χ4v) is 4.73. The molecule has 1 aliphatic rings. The van der Waals surface area contributed by atoms with Crippen LogP contribution < -0.4 is 11.1 Å². The van der Waals surface area contributed by atoms with Crippen molar-refractivity contribution in [2.45, 2.75) is 12.1 Å². The minimum absolute atomic E-state index is 0.149. The lowest BCUT2D eigenvalue weighted by atomic mass is 9.83. The fraction of sp³-hybridized carbons (Fsp3) is 0.0741. The molecule has 34 heavy (non-hydrogen) atoms. The number of anilines is 1. The van der Waals surface area contributed by atoms with E-state index in [1.54, 1.807) is 6.07 Å². The molecule has 0 fully saturated rings. The van der Waals surface area contributed by atoms with Crippen molar-refractivity contribution in [1.82, 2.24) is 4.90 Å². The molecule has 0 saturated carbocycles. The normalized spacial score (nSPS) is 14.6. The lowest BCUT2D eigenvalue weighted by molar-refractivity contribution is -0.130. The highest BCUT2D eigenvalue weighted by Crippen LogP contribution is 2.39. The number of carbonyl (C=O) groups excluding carboxylic acids is 2. The predicted molar refractivity (Wildman–Crippen MR) is 135 cm³/mol. The van der Waals surface area contributed by atoms with Crippen molar-refractivity contribution in [1.29, 1.82) is 0 Å². The summed E-state index contributed by atoms with van der Waals surface area (Å²) in [6.07, 6.45) is 0. The first kappa shape index (κ1) is 21.6. The number of guanidine groups is 1. The van der Waals surface area contributed by atoms with Gasteiger partial charge in [0, 0.05) is 5.69 Å². The topological polar surface area (TPSA) is 87.8 Å². The molecule has 0 atom stereocenters. The molecule has 3 N–H and O–H groups in total. The number of nitrogens with two attached hydrogens (primary N) is 1. The average Bonchev–Trinajstić information content (AvgIpc) is 3.50. The average molecular weight is 467 g/mol. The summed E-state index contributed by atoms with van der Waals surface area (Å²) in [4.78, 5) is 33.0. The molecule has 0 radical (unpaired) electrons. The Kier molecular flexibility index (Phi) is 5.69. The van der Waals surface area contributed by atoms with Gasteiger partial charge in [0.25, 0.3) is 11.8 Å². The van der Waals surface area contributed by atoms with Gasteiger partial charge in [-0.3, -0.25) is 14.5 Å². The zero-order valence-corrected chi connectivity index (χ0v) is 19.0. The first-order chi connectivity index (χ1) is 16.6. The highest BCUT2D eigenvalue weighted by atomic mass is 32.1. The first-order valence-electron chi connectivity index (χ1n) is 10.8. The molecule has 1 aromatic heterocycles. The Morgan fingerprint density at radius 2 is 1.50 bits per heavy atom. The predicted octanol–water partition coefficient (Wildman–Crippen LogP) is 4.60. The molecule has 1 aliphatic heterocycles. The largest absolute Gasteiger partial charge is 0.369 e. The van der Waals surface area contributed by atoms with E-state index >= 15 is 0 Å². The minimum Gasteiger partial charge on any atom is -0.369 e. The summed E-state index contributed by atoms with van der Waals surface area (Å²) in [6, 6.07) is 30.0. The summed E-state index contributed by atoms with van der Waals surface area (Å²) >= 11 is 1.39. The Bertz CT molecular complexity index is 1300. The Labute approximate surface area is 201 Å². The SMILES string of the molecule is NC1=NC(c2ccccc2)(c2ccccc2)C(=O)N1Cc1ccc(NC(=O)c2cccs2)cc1. The van der Waals surface area contributed by atoms with Crippen LogP contribution in [0, 0.1) is 0 Å². The quantitative estimate of drug-likeness (QED) is 0.435. The molecule has 2 amide bonds. The smallest absolute Gasteiger partial charge is 0.266 e. The third kappa shape index (κ3) is 3.86. The van der Waals surface area contributed by atoms with Crippen LogP contribution >= 0.6 is 11.3 Å². The van der Waals surface area contributed by atoms with Crippen LogP contribution in [0.15, 0.2) is 107 Å². The molecule has 3 aromatic carbocycles. The number of nitrogens with one attached hydrogen (secondary N) is 1. The number of carbonyl (C=O) groups is 2. The first-order valence-corrected chi connectivity index (χ1v) is 11.7. The van der Waals surface area contributed by atoms with Crippen molar-refractivity contribution < 1.29 is 9.59 Å². The molecule has 0 unspecified atom stereocenters. The van der Waals surface area contributed by atoms with Gasteiger partial charge in [-0.15, -0.1) is 11.3 Å². The van der Waals surface area contributed by atoms with Gasteiger partial charge in [0.2, 0.25) is 0 Å². The van der Waals surface area contributed by atoms with E-state index in [-0.39, 0.29) is 24.3 Å². The van der Waals surface area contributed by atoms with Gasteiger partial charge in [0.05, 0.1) is 11.4 Å². The molecule has 2 heterocycles. The zero-order chi connectivity index (χ0) is 23.5. The van der Waals surface area contributed by atoms with Crippen LogP contribution in [-0.2, 0) is 16.9 Å². The lowest BCUT2D eigenvalue weighted by Crippen LogP contribution is -2.43. The van der Waals surface area contributed by atoms with Crippen molar-refractivity contribution in [3.05, 3.63) is 124 Å². The number of thiophene rings is 1. The van der Waals surface area contributed by atoms with Gasteiger partial charge in [0.1, 0.15) is 0 Å². The second kappa shape index (κ2) is 8.96. The number of nitrogens with zero attached hydrogens (tertiary/aromatic N) is 2. The van der Waals surface area contributed by atoms with Gasteiger partial charge >= 0.3 is 0 Å². The van der Waals surface area contributed by atoms with Gasteiger partial charge in [-0.2, -0.15) is 0 Å². The van der Waals surface area contributed by atoms with Crippen LogP contribution in [0.4, 0.5) is 5.69 Å². The van der Waals surface area contributed by atoms with E-state index in [1.807, 2.05) is 96.4 Å². The summed E-state index contributed by atoms with van der Waals surface area (Å²) in [6.45, 7) is 0.273. The summed E-state index contributed by atoms with van der Waals surface area (Å²) < 4.78 is 0.